The Morgan fingerprint density at radius 2 is 1.86 bits per heavy atom. The highest BCUT2D eigenvalue weighted by molar-refractivity contribution is 7.14. The first-order valence-electron chi connectivity index (χ1n) is 9.36. The van der Waals surface area contributed by atoms with Gasteiger partial charge in [-0.05, 0) is 30.0 Å². The molecule has 1 aliphatic rings. The van der Waals surface area contributed by atoms with Crippen LogP contribution in [0.15, 0.2) is 34.6 Å². The van der Waals surface area contributed by atoms with Crippen LogP contribution < -0.4 is 0 Å². The molecule has 5 nitrogen and oxygen atoms in total. The van der Waals surface area contributed by atoms with E-state index in [4.69, 9.17) is 16.3 Å². The van der Waals surface area contributed by atoms with E-state index in [1.54, 1.807) is 19.1 Å². The molecular weight excluding hydrogens is 410 g/mol. The first-order valence-corrected chi connectivity index (χ1v) is 10.6. The molecule has 1 heterocycles. The molecule has 0 saturated heterocycles. The van der Waals surface area contributed by atoms with Gasteiger partial charge in [0.15, 0.2) is 0 Å². The minimum atomic E-state index is -0.862. The molecule has 29 heavy (non-hydrogen) atoms. The molecule has 2 aromatic rings. The Kier molecular flexibility index (Phi) is 6.34. The third-order valence-electron chi connectivity index (χ3n) is 4.75. The van der Waals surface area contributed by atoms with Crippen molar-refractivity contribution in [2.45, 2.75) is 33.6 Å². The maximum atomic E-state index is 12.6. The zero-order valence-electron chi connectivity index (χ0n) is 16.5. The van der Waals surface area contributed by atoms with E-state index < -0.39 is 11.9 Å². The van der Waals surface area contributed by atoms with E-state index in [1.165, 1.54) is 17.6 Å². The third-order valence-corrected chi connectivity index (χ3v) is 5.88. The smallest absolute Gasteiger partial charge is 0.341 e. The summed E-state index contributed by atoms with van der Waals surface area (Å²) in [5.41, 5.74) is 1.49. The van der Waals surface area contributed by atoms with Crippen molar-refractivity contribution in [3.05, 3.63) is 40.2 Å². The predicted octanol–water partition coefficient (Wildman–Crippen LogP) is 5.52. The van der Waals surface area contributed by atoms with E-state index in [0.29, 0.717) is 34.0 Å². The third kappa shape index (κ3) is 4.82. The summed E-state index contributed by atoms with van der Waals surface area (Å²) in [6.45, 7) is 5.78. The normalized spacial score (nSPS) is 17.1. The molecule has 0 unspecified atom stereocenters. The van der Waals surface area contributed by atoms with E-state index in [9.17, 15) is 14.4 Å². The summed E-state index contributed by atoms with van der Waals surface area (Å²) in [6, 6.07) is 7.12. The molecule has 0 N–H and O–H groups in total. The van der Waals surface area contributed by atoms with E-state index in [-0.39, 0.29) is 23.6 Å². The second-order valence-electron chi connectivity index (χ2n) is 7.76. The number of hydrogen-bond acceptors (Lipinski definition) is 6. The SMILES string of the molecule is CCOC(=O)c1c(-c2ccc(Cl)cc2)csc1/N=C/C1C(=O)CC(C)(C)CC1=O. The Morgan fingerprint density at radius 1 is 1.24 bits per heavy atom. The van der Waals surface area contributed by atoms with Crippen molar-refractivity contribution in [3.8, 4) is 11.1 Å². The van der Waals surface area contributed by atoms with Gasteiger partial charge in [-0.25, -0.2) is 9.79 Å². The molecule has 1 saturated carbocycles. The van der Waals surface area contributed by atoms with Crippen molar-refractivity contribution in [1.82, 2.24) is 0 Å². The lowest BCUT2D eigenvalue weighted by Gasteiger charge is -2.30. The van der Waals surface area contributed by atoms with Gasteiger partial charge in [0, 0.05) is 35.0 Å². The quantitative estimate of drug-likeness (QED) is 0.355. The maximum Gasteiger partial charge on any atom is 0.341 e. The number of esters is 1. The Morgan fingerprint density at radius 3 is 2.45 bits per heavy atom. The molecule has 152 valence electrons. The fourth-order valence-corrected chi connectivity index (χ4v) is 4.44. The van der Waals surface area contributed by atoms with Crippen LogP contribution in [0.5, 0.6) is 0 Å². The van der Waals surface area contributed by atoms with Crippen LogP contribution in [0.3, 0.4) is 0 Å². The largest absolute Gasteiger partial charge is 0.462 e. The number of ketones is 2. The number of benzene rings is 1. The number of carbonyl (C=O) groups is 3. The number of ether oxygens (including phenoxy) is 1. The minimum Gasteiger partial charge on any atom is -0.462 e. The second-order valence-corrected chi connectivity index (χ2v) is 9.06. The predicted molar refractivity (Wildman–Crippen MR) is 115 cm³/mol. The molecule has 1 aliphatic carbocycles. The Balaban J connectivity index is 1.96. The van der Waals surface area contributed by atoms with Crippen molar-refractivity contribution in [1.29, 1.82) is 0 Å². The van der Waals surface area contributed by atoms with Gasteiger partial charge in [-0.3, -0.25) is 9.59 Å². The second kappa shape index (κ2) is 8.59. The molecule has 1 fully saturated rings. The van der Waals surface area contributed by atoms with Crippen LogP contribution >= 0.6 is 22.9 Å². The van der Waals surface area contributed by atoms with Crippen LogP contribution in [0, 0.1) is 11.3 Å². The summed E-state index contributed by atoms with van der Waals surface area (Å²) in [7, 11) is 0. The molecule has 7 heteroatoms. The lowest BCUT2D eigenvalue weighted by molar-refractivity contribution is -0.136. The minimum absolute atomic E-state index is 0.137. The molecule has 1 aromatic heterocycles. The van der Waals surface area contributed by atoms with Gasteiger partial charge in [-0.1, -0.05) is 37.6 Å². The summed E-state index contributed by atoms with van der Waals surface area (Å²) in [5, 5.41) is 2.83. The van der Waals surface area contributed by atoms with E-state index in [0.717, 1.165) is 5.56 Å². The number of aliphatic imine (C=N–C) groups is 1. The standard InChI is InChI=1S/C22H22ClNO4S/c1-4-28-21(27)19-16(13-5-7-14(23)8-6-13)12-29-20(19)24-11-15-17(25)9-22(2,3)10-18(15)26/h5-8,11-12,15H,4,9-10H2,1-3H3/b24-11+. The van der Waals surface area contributed by atoms with Gasteiger partial charge in [0.05, 0.1) is 6.61 Å². The van der Waals surface area contributed by atoms with Gasteiger partial charge < -0.3 is 4.74 Å². The average Bonchev–Trinajstić information content (AvgIpc) is 3.05. The number of rotatable bonds is 5. The summed E-state index contributed by atoms with van der Waals surface area (Å²) in [5.74, 6) is -1.63. The lowest BCUT2D eigenvalue weighted by atomic mass is 9.72. The molecule has 1 aromatic carbocycles. The summed E-state index contributed by atoms with van der Waals surface area (Å²) < 4.78 is 5.21. The number of Topliss-reactive ketones (excluding diaryl/α,β-unsaturated/α-hetero) is 2. The monoisotopic (exact) mass is 431 g/mol. The van der Waals surface area contributed by atoms with Crippen LogP contribution in [-0.2, 0) is 14.3 Å². The van der Waals surface area contributed by atoms with Crippen molar-refractivity contribution in [2.24, 2.45) is 16.3 Å². The lowest BCUT2D eigenvalue weighted by Crippen LogP contribution is -2.38. The van der Waals surface area contributed by atoms with Crippen molar-refractivity contribution >= 4 is 51.7 Å². The van der Waals surface area contributed by atoms with E-state index in [1.807, 2.05) is 31.4 Å². The van der Waals surface area contributed by atoms with Crippen LogP contribution in [0.25, 0.3) is 11.1 Å². The summed E-state index contributed by atoms with van der Waals surface area (Å²) >= 11 is 7.23. The molecule has 0 amide bonds. The Hall–Kier alpha value is -2.31. The molecule has 0 atom stereocenters. The number of thiophene rings is 1. The summed E-state index contributed by atoms with van der Waals surface area (Å²) in [4.78, 5) is 41.8. The molecule has 0 spiro atoms. The highest BCUT2D eigenvalue weighted by Gasteiger charge is 2.38. The fraction of sp³-hybridized carbons (Fsp3) is 0.364. The molecule has 3 rings (SSSR count). The Bertz CT molecular complexity index is 955. The van der Waals surface area contributed by atoms with Gasteiger partial charge in [0.1, 0.15) is 28.0 Å². The van der Waals surface area contributed by atoms with Crippen molar-refractivity contribution in [3.63, 3.8) is 0 Å². The number of carbonyl (C=O) groups excluding carboxylic acids is 3. The van der Waals surface area contributed by atoms with Gasteiger partial charge in [-0.15, -0.1) is 11.3 Å². The van der Waals surface area contributed by atoms with Crippen LogP contribution in [-0.4, -0.2) is 30.4 Å². The van der Waals surface area contributed by atoms with E-state index >= 15 is 0 Å². The number of halogens is 1. The molecular formula is C22H22ClNO4S. The van der Waals surface area contributed by atoms with Crippen molar-refractivity contribution in [2.75, 3.05) is 6.61 Å². The van der Waals surface area contributed by atoms with Gasteiger partial charge in [0.2, 0.25) is 0 Å². The first-order chi connectivity index (χ1) is 13.7. The van der Waals surface area contributed by atoms with Crippen molar-refractivity contribution < 1.29 is 19.1 Å². The van der Waals surface area contributed by atoms with Crippen LogP contribution in [0.2, 0.25) is 5.02 Å². The maximum absolute atomic E-state index is 12.6. The first kappa shape index (κ1) is 21.4. The Labute approximate surface area is 178 Å². The molecule has 0 aliphatic heterocycles. The average molecular weight is 432 g/mol. The van der Waals surface area contributed by atoms with Crippen LogP contribution in [0.4, 0.5) is 5.00 Å². The van der Waals surface area contributed by atoms with Gasteiger partial charge >= 0.3 is 5.97 Å². The van der Waals surface area contributed by atoms with Gasteiger partial charge in [-0.2, -0.15) is 0 Å². The summed E-state index contributed by atoms with van der Waals surface area (Å²) in [6.07, 6.45) is 2.04. The van der Waals surface area contributed by atoms with Crippen LogP contribution in [0.1, 0.15) is 44.0 Å². The zero-order valence-corrected chi connectivity index (χ0v) is 18.1. The number of nitrogens with zero attached hydrogens (tertiary/aromatic N) is 1. The molecule has 0 radical (unpaired) electrons. The topological polar surface area (TPSA) is 72.8 Å². The highest BCUT2D eigenvalue weighted by Crippen LogP contribution is 2.39. The van der Waals surface area contributed by atoms with E-state index in [2.05, 4.69) is 4.99 Å². The fourth-order valence-electron chi connectivity index (χ4n) is 3.40. The number of hydrogen-bond donors (Lipinski definition) is 0. The molecule has 0 bridgehead atoms. The zero-order chi connectivity index (χ0) is 21.2. The highest BCUT2D eigenvalue weighted by atomic mass is 35.5. The van der Waals surface area contributed by atoms with Gasteiger partial charge in [0.25, 0.3) is 0 Å².